The highest BCUT2D eigenvalue weighted by Gasteiger charge is 2.10. The fourth-order valence-electron chi connectivity index (χ4n) is 2.62. The summed E-state index contributed by atoms with van der Waals surface area (Å²) < 4.78 is 19.6. The minimum absolute atomic E-state index is 0.118. The zero-order valence-electron chi connectivity index (χ0n) is 14.2. The van der Waals surface area contributed by atoms with Crippen LogP contribution in [0.2, 0.25) is 0 Å². The minimum Gasteiger partial charge on any atom is -0.383 e. The van der Waals surface area contributed by atoms with Gasteiger partial charge in [-0.05, 0) is 30.2 Å². The molecule has 0 spiro atoms. The van der Waals surface area contributed by atoms with Gasteiger partial charge in [0.15, 0.2) is 0 Å². The summed E-state index contributed by atoms with van der Waals surface area (Å²) >= 11 is 0. The molecular formula is C20H20FN3O. The topological polar surface area (TPSA) is 47.0 Å². The Labute approximate surface area is 146 Å². The average Bonchev–Trinajstić information content (AvgIpc) is 2.63. The Hall–Kier alpha value is -2.79. The van der Waals surface area contributed by atoms with E-state index in [0.29, 0.717) is 23.7 Å². The molecule has 4 nitrogen and oxygen atoms in total. The molecule has 0 aliphatic rings. The molecule has 3 rings (SSSR count). The summed E-state index contributed by atoms with van der Waals surface area (Å²) in [5.74, 6) is 0.318. The quantitative estimate of drug-likeness (QED) is 0.724. The van der Waals surface area contributed by atoms with Gasteiger partial charge in [-0.3, -0.25) is 4.98 Å². The van der Waals surface area contributed by atoms with Crippen LogP contribution in [0.15, 0.2) is 60.9 Å². The average molecular weight is 337 g/mol. The lowest BCUT2D eigenvalue weighted by atomic mass is 10.0. The summed E-state index contributed by atoms with van der Waals surface area (Å²) in [5.41, 5.74) is 2.75. The predicted molar refractivity (Wildman–Crippen MR) is 97.8 cm³/mol. The second-order valence-corrected chi connectivity index (χ2v) is 5.85. The first-order chi connectivity index (χ1) is 12.2. The Morgan fingerprint density at radius 2 is 1.84 bits per heavy atom. The van der Waals surface area contributed by atoms with E-state index in [0.717, 1.165) is 11.1 Å². The van der Waals surface area contributed by atoms with Gasteiger partial charge in [0.2, 0.25) is 0 Å². The van der Waals surface area contributed by atoms with Gasteiger partial charge in [-0.1, -0.05) is 36.4 Å². The number of hydrogen-bond donors (Lipinski definition) is 1. The number of benzene rings is 2. The Morgan fingerprint density at radius 3 is 2.48 bits per heavy atom. The van der Waals surface area contributed by atoms with Crippen molar-refractivity contribution in [1.82, 2.24) is 9.97 Å². The van der Waals surface area contributed by atoms with Crippen molar-refractivity contribution in [3.05, 3.63) is 66.7 Å². The summed E-state index contributed by atoms with van der Waals surface area (Å²) in [7, 11) is 1.65. The predicted octanol–water partition coefficient (Wildman–Crippen LogP) is 4.40. The van der Waals surface area contributed by atoms with Crippen LogP contribution in [-0.4, -0.2) is 29.7 Å². The fraction of sp³-hybridized carbons (Fsp3) is 0.200. The van der Waals surface area contributed by atoms with Crippen molar-refractivity contribution in [2.75, 3.05) is 19.0 Å². The van der Waals surface area contributed by atoms with Crippen LogP contribution < -0.4 is 5.32 Å². The van der Waals surface area contributed by atoms with Crippen LogP contribution in [0, 0.1) is 5.82 Å². The fourth-order valence-corrected chi connectivity index (χ4v) is 2.62. The number of ether oxygens (including phenoxy) is 1. The molecule has 2 aromatic carbocycles. The highest BCUT2D eigenvalue weighted by atomic mass is 19.1. The van der Waals surface area contributed by atoms with Crippen LogP contribution in [0.5, 0.6) is 0 Å². The second kappa shape index (κ2) is 7.85. The van der Waals surface area contributed by atoms with E-state index in [9.17, 15) is 4.39 Å². The summed E-state index contributed by atoms with van der Waals surface area (Å²) in [4.78, 5) is 8.62. The van der Waals surface area contributed by atoms with Gasteiger partial charge >= 0.3 is 0 Å². The van der Waals surface area contributed by atoms with E-state index >= 15 is 0 Å². The first-order valence-corrected chi connectivity index (χ1v) is 8.10. The Kier molecular flexibility index (Phi) is 5.36. The zero-order chi connectivity index (χ0) is 17.6. The molecule has 1 atom stereocenters. The first kappa shape index (κ1) is 17.0. The maximum atomic E-state index is 14.5. The molecule has 0 radical (unpaired) electrons. The molecule has 0 fully saturated rings. The van der Waals surface area contributed by atoms with Crippen molar-refractivity contribution in [3.8, 4) is 22.4 Å². The van der Waals surface area contributed by atoms with E-state index in [2.05, 4.69) is 15.3 Å². The summed E-state index contributed by atoms with van der Waals surface area (Å²) in [6.07, 6.45) is 3.18. The molecule has 0 amide bonds. The van der Waals surface area contributed by atoms with Gasteiger partial charge in [0.25, 0.3) is 0 Å². The number of halogens is 1. The Balaban J connectivity index is 1.80. The van der Waals surface area contributed by atoms with Crippen molar-refractivity contribution in [1.29, 1.82) is 0 Å². The van der Waals surface area contributed by atoms with E-state index in [1.54, 1.807) is 25.6 Å². The molecular weight excluding hydrogens is 317 g/mol. The van der Waals surface area contributed by atoms with Crippen molar-refractivity contribution in [2.24, 2.45) is 0 Å². The Bertz CT molecular complexity index is 822. The van der Waals surface area contributed by atoms with Crippen LogP contribution in [0.1, 0.15) is 6.92 Å². The number of anilines is 1. The second-order valence-electron chi connectivity index (χ2n) is 5.85. The molecule has 0 unspecified atom stereocenters. The summed E-state index contributed by atoms with van der Waals surface area (Å²) in [6.45, 7) is 2.56. The smallest absolute Gasteiger partial charge is 0.144 e. The standard InChI is InChI=1S/C20H20FN3O/c1-14(13-25-2)24-20-12-22-19(11-23-20)17-9-8-16(10-18(17)21)15-6-4-3-5-7-15/h3-12,14H,13H2,1-2H3,(H,23,24)/t14-/m0/s1. The molecule has 0 saturated carbocycles. The van der Waals surface area contributed by atoms with Gasteiger partial charge in [-0.25, -0.2) is 9.37 Å². The lowest BCUT2D eigenvalue weighted by Gasteiger charge is -2.13. The minimum atomic E-state index is -0.316. The number of methoxy groups -OCH3 is 1. The lowest BCUT2D eigenvalue weighted by Crippen LogP contribution is -2.21. The van der Waals surface area contributed by atoms with Gasteiger partial charge in [-0.2, -0.15) is 0 Å². The van der Waals surface area contributed by atoms with Crippen molar-refractivity contribution in [2.45, 2.75) is 13.0 Å². The molecule has 0 aliphatic heterocycles. The van der Waals surface area contributed by atoms with Crippen LogP contribution in [-0.2, 0) is 4.74 Å². The van der Waals surface area contributed by atoms with E-state index in [1.165, 1.54) is 6.07 Å². The van der Waals surface area contributed by atoms with Crippen molar-refractivity contribution < 1.29 is 9.13 Å². The van der Waals surface area contributed by atoms with Gasteiger partial charge in [0, 0.05) is 18.7 Å². The van der Waals surface area contributed by atoms with E-state index in [1.807, 2.05) is 43.3 Å². The molecule has 25 heavy (non-hydrogen) atoms. The van der Waals surface area contributed by atoms with Crippen LogP contribution >= 0.6 is 0 Å². The van der Waals surface area contributed by atoms with E-state index < -0.39 is 0 Å². The van der Waals surface area contributed by atoms with E-state index in [-0.39, 0.29) is 11.9 Å². The molecule has 1 aromatic heterocycles. The van der Waals surface area contributed by atoms with Crippen LogP contribution in [0.4, 0.5) is 10.2 Å². The third-order valence-electron chi connectivity index (χ3n) is 3.81. The largest absolute Gasteiger partial charge is 0.383 e. The molecule has 3 aromatic rings. The van der Waals surface area contributed by atoms with Gasteiger partial charge in [-0.15, -0.1) is 0 Å². The SMILES string of the molecule is COC[C@H](C)Nc1cnc(-c2ccc(-c3ccccc3)cc2F)cn1. The summed E-state index contributed by atoms with van der Waals surface area (Å²) in [5, 5.41) is 3.17. The highest BCUT2D eigenvalue weighted by Crippen LogP contribution is 2.26. The first-order valence-electron chi connectivity index (χ1n) is 8.10. The molecule has 128 valence electrons. The third kappa shape index (κ3) is 4.19. The molecule has 0 saturated heterocycles. The molecule has 0 aliphatic carbocycles. The zero-order valence-corrected chi connectivity index (χ0v) is 14.2. The highest BCUT2D eigenvalue weighted by molar-refractivity contribution is 5.69. The number of aromatic nitrogens is 2. The summed E-state index contributed by atoms with van der Waals surface area (Å²) in [6, 6.07) is 15.0. The van der Waals surface area contributed by atoms with Gasteiger partial charge in [0.1, 0.15) is 11.6 Å². The molecule has 1 heterocycles. The van der Waals surface area contributed by atoms with Crippen molar-refractivity contribution >= 4 is 5.82 Å². The number of rotatable bonds is 6. The monoisotopic (exact) mass is 337 g/mol. The molecule has 5 heteroatoms. The maximum Gasteiger partial charge on any atom is 0.144 e. The van der Waals surface area contributed by atoms with Gasteiger partial charge in [0.05, 0.1) is 24.7 Å². The molecule has 1 N–H and O–H groups in total. The maximum absolute atomic E-state index is 14.5. The van der Waals surface area contributed by atoms with Crippen molar-refractivity contribution in [3.63, 3.8) is 0 Å². The number of hydrogen-bond acceptors (Lipinski definition) is 4. The normalized spacial score (nSPS) is 12.0. The Morgan fingerprint density at radius 1 is 1.04 bits per heavy atom. The molecule has 0 bridgehead atoms. The van der Waals surface area contributed by atoms with Gasteiger partial charge < -0.3 is 10.1 Å². The van der Waals surface area contributed by atoms with Crippen LogP contribution in [0.3, 0.4) is 0 Å². The number of nitrogens with zero attached hydrogens (tertiary/aromatic N) is 2. The number of nitrogens with one attached hydrogen (secondary N) is 1. The van der Waals surface area contributed by atoms with Crippen LogP contribution in [0.25, 0.3) is 22.4 Å². The van der Waals surface area contributed by atoms with E-state index in [4.69, 9.17) is 4.74 Å². The third-order valence-corrected chi connectivity index (χ3v) is 3.81. The lowest BCUT2D eigenvalue weighted by molar-refractivity contribution is 0.190.